The van der Waals surface area contributed by atoms with E-state index in [1.807, 2.05) is 63.2 Å². The molecule has 0 spiro atoms. The van der Waals surface area contributed by atoms with Crippen LogP contribution in [0.25, 0.3) is 10.8 Å². The Balaban J connectivity index is 0.000000151. The van der Waals surface area contributed by atoms with Crippen molar-refractivity contribution < 1.29 is 38.4 Å². The quantitative estimate of drug-likeness (QED) is 0.195. The molecule has 9 rings (SSSR count). The van der Waals surface area contributed by atoms with E-state index in [4.69, 9.17) is 0 Å². The van der Waals surface area contributed by atoms with E-state index in [0.717, 1.165) is 32.7 Å². The van der Waals surface area contributed by atoms with Gasteiger partial charge in [0.05, 0.1) is 11.1 Å². The van der Waals surface area contributed by atoms with Crippen molar-refractivity contribution in [3.05, 3.63) is 128 Å². The van der Waals surface area contributed by atoms with Crippen LogP contribution in [-0.4, -0.2) is 73.7 Å². The fraction of sp³-hybridized carbons (Fsp3) is 0.415. The lowest BCUT2D eigenvalue weighted by Gasteiger charge is -2.29. The number of hydrogen-bond acceptors (Lipinski definition) is 9. The van der Waals surface area contributed by atoms with Crippen LogP contribution in [0.2, 0.25) is 0 Å². The zero-order valence-corrected chi connectivity index (χ0v) is 40.3. The maximum Gasteiger partial charge on any atom is 0.262 e. The van der Waals surface area contributed by atoms with Crippen LogP contribution in [0.3, 0.4) is 0 Å². The number of piperidine rings is 3. The maximum absolute atomic E-state index is 12.8. The molecule has 5 aliphatic heterocycles. The summed E-state index contributed by atoms with van der Waals surface area (Å²) in [5, 5.41) is 8.83. The minimum Gasteiger partial charge on any atom is -0.329 e. The Morgan fingerprint density at radius 3 is 1.69 bits per heavy atom. The number of nitrogens with zero attached hydrogens (tertiary/aromatic N) is 3. The van der Waals surface area contributed by atoms with E-state index in [1.54, 1.807) is 27.8 Å². The zero-order chi connectivity index (χ0) is 49.8. The largest absolute Gasteiger partial charge is 0.329 e. The number of aromatic nitrogens is 1. The fourth-order valence-electron chi connectivity index (χ4n) is 9.43. The predicted molar refractivity (Wildman–Crippen MR) is 255 cm³/mol. The van der Waals surface area contributed by atoms with Gasteiger partial charge in [0.2, 0.25) is 29.5 Å². The van der Waals surface area contributed by atoms with Crippen LogP contribution in [0.1, 0.15) is 160 Å². The summed E-state index contributed by atoms with van der Waals surface area (Å²) in [5.74, 6) is -2.79. The Morgan fingerprint density at radius 1 is 0.559 bits per heavy atom. The van der Waals surface area contributed by atoms with Gasteiger partial charge in [-0.25, -0.2) is 0 Å². The van der Waals surface area contributed by atoms with Gasteiger partial charge in [-0.1, -0.05) is 105 Å². The summed E-state index contributed by atoms with van der Waals surface area (Å²) >= 11 is 0. The van der Waals surface area contributed by atoms with E-state index < -0.39 is 35.8 Å². The van der Waals surface area contributed by atoms with Gasteiger partial charge >= 0.3 is 0 Å². The van der Waals surface area contributed by atoms with Crippen LogP contribution in [0.5, 0.6) is 0 Å². The highest BCUT2D eigenvalue weighted by atomic mass is 16.2. The highest BCUT2D eigenvalue weighted by Crippen LogP contribution is 2.37. The topological polar surface area (TPSA) is 201 Å². The summed E-state index contributed by atoms with van der Waals surface area (Å²) in [6.07, 6.45) is 4.00. The van der Waals surface area contributed by atoms with Gasteiger partial charge in [-0.15, -0.1) is 0 Å². The Hall–Kier alpha value is -7.03. The number of benzene rings is 3. The molecule has 0 saturated carbocycles. The number of pyridine rings is 1. The molecular weight excluding hydrogens is 865 g/mol. The summed E-state index contributed by atoms with van der Waals surface area (Å²) in [7, 11) is 0. The lowest BCUT2D eigenvalue weighted by Crippen LogP contribution is -2.54. The van der Waals surface area contributed by atoms with Gasteiger partial charge in [0, 0.05) is 42.2 Å². The van der Waals surface area contributed by atoms with Gasteiger partial charge in [0.15, 0.2) is 0 Å². The molecule has 3 atom stereocenters. The molecule has 3 unspecified atom stereocenters. The van der Waals surface area contributed by atoms with Crippen LogP contribution in [0, 0.1) is 0 Å². The summed E-state index contributed by atoms with van der Waals surface area (Å²) in [6, 6.07) is 16.9. The van der Waals surface area contributed by atoms with Crippen LogP contribution in [0.15, 0.2) is 83.9 Å². The molecule has 68 heavy (non-hydrogen) atoms. The average Bonchev–Trinajstić information content (AvgIpc) is 3.72. The number of carbonyl (C=O) groups excluding carboxylic acids is 8. The third-order valence-electron chi connectivity index (χ3n) is 13.1. The van der Waals surface area contributed by atoms with Gasteiger partial charge in [-0.05, 0) is 93.8 Å². The highest BCUT2D eigenvalue weighted by Gasteiger charge is 2.46. The monoisotopic (exact) mass is 924 g/mol. The van der Waals surface area contributed by atoms with Gasteiger partial charge in [-0.3, -0.25) is 58.7 Å². The number of imide groups is 3. The molecular formula is C53H60N6O9. The van der Waals surface area contributed by atoms with Crippen molar-refractivity contribution in [1.82, 2.24) is 30.3 Å². The maximum atomic E-state index is 12.8. The summed E-state index contributed by atoms with van der Waals surface area (Å²) < 4.78 is 1.54. The van der Waals surface area contributed by atoms with Gasteiger partial charge < -0.3 is 14.8 Å². The first-order valence-corrected chi connectivity index (χ1v) is 23.0. The Labute approximate surface area is 395 Å². The van der Waals surface area contributed by atoms with Crippen molar-refractivity contribution in [2.24, 2.45) is 0 Å². The van der Waals surface area contributed by atoms with Gasteiger partial charge in [0.25, 0.3) is 23.3 Å². The van der Waals surface area contributed by atoms with Crippen LogP contribution in [-0.2, 0) is 46.8 Å². The van der Waals surface area contributed by atoms with Crippen LogP contribution in [0.4, 0.5) is 0 Å². The summed E-state index contributed by atoms with van der Waals surface area (Å²) in [4.78, 5) is 112. The molecule has 356 valence electrons. The third-order valence-corrected chi connectivity index (χ3v) is 13.1. The molecule has 6 heterocycles. The second-order valence-corrected chi connectivity index (χ2v) is 21.1. The van der Waals surface area contributed by atoms with Gasteiger partial charge in [0.1, 0.15) is 18.1 Å². The molecule has 5 aliphatic rings. The van der Waals surface area contributed by atoms with E-state index in [9.17, 15) is 43.2 Å². The first-order valence-electron chi connectivity index (χ1n) is 23.0. The van der Waals surface area contributed by atoms with Crippen molar-refractivity contribution >= 4 is 58.0 Å². The van der Waals surface area contributed by atoms with Crippen molar-refractivity contribution in [1.29, 1.82) is 0 Å². The van der Waals surface area contributed by atoms with E-state index in [1.165, 1.54) is 5.56 Å². The Kier molecular flexibility index (Phi) is 13.1. The van der Waals surface area contributed by atoms with Crippen LogP contribution < -0.4 is 21.5 Å². The van der Waals surface area contributed by atoms with Crippen molar-refractivity contribution in [2.45, 2.75) is 142 Å². The van der Waals surface area contributed by atoms with Crippen molar-refractivity contribution in [3.63, 3.8) is 0 Å². The molecule has 3 N–H and O–H groups in total. The number of amides is 8. The van der Waals surface area contributed by atoms with E-state index in [2.05, 4.69) is 70.1 Å². The molecule has 15 heteroatoms. The number of carbonyl (C=O) groups is 8. The second-order valence-electron chi connectivity index (χ2n) is 21.1. The number of nitrogens with one attached hydrogen (secondary N) is 3. The average molecular weight is 925 g/mol. The van der Waals surface area contributed by atoms with Crippen molar-refractivity contribution in [3.8, 4) is 0 Å². The predicted octanol–water partition coefficient (Wildman–Crippen LogP) is 6.39. The van der Waals surface area contributed by atoms with E-state index in [-0.39, 0.29) is 70.6 Å². The second kappa shape index (κ2) is 18.2. The molecule has 0 bridgehead atoms. The molecule has 8 amide bonds. The summed E-state index contributed by atoms with van der Waals surface area (Å²) in [6.45, 7) is 22.9. The molecule has 4 aromatic rings. The normalized spacial score (nSPS) is 20.8. The van der Waals surface area contributed by atoms with E-state index >= 15 is 0 Å². The minimum atomic E-state index is -0.923. The molecule has 3 aromatic carbocycles. The van der Waals surface area contributed by atoms with Crippen molar-refractivity contribution in [2.75, 3.05) is 0 Å². The molecule has 1 aromatic heterocycles. The van der Waals surface area contributed by atoms with Crippen LogP contribution >= 0.6 is 0 Å². The SMILES string of the molecule is C=C1CCC(n2ccc3cc(C(C)(C)C)ccc3c2=O)C(=O)N1.CC(C)(C)c1cccc2c1C(=O)N(C1CCC(=O)NC1=O)C2=O.CC(C)(C)c1cccc2c1CN(C1CCC(=O)NC1=O)C2=O. The molecule has 0 aliphatic carbocycles. The molecule has 15 nitrogen and oxygen atoms in total. The standard InChI is InChI=1S/C19H22N2O2.C17H18N2O4.C17H20N2O3/c1-12-5-8-16(17(22)20-12)21-10-9-13-11-14(19(2,3)4)6-7-15(13)18(21)23;1-17(2,3)10-6-4-5-9-13(10)16(23)19(15(9)22)11-7-8-12(20)18-14(11)21;1-17(2,3)12-6-4-5-10-11(12)9-19(16(10)22)13-7-8-14(20)18-15(13)21/h6-7,9-11,16H,1,5,8H2,2-4H3,(H,20,22);4-6,11H,7-8H2,1-3H3,(H,18,20,21);4-6,13H,7-9H2,1-3H3,(H,18,20,21). The lowest BCUT2D eigenvalue weighted by atomic mass is 9.82. The number of hydrogen-bond donors (Lipinski definition) is 3. The zero-order valence-electron chi connectivity index (χ0n) is 40.3. The lowest BCUT2D eigenvalue weighted by molar-refractivity contribution is -0.138. The first-order chi connectivity index (χ1) is 31.8. The van der Waals surface area contributed by atoms with Gasteiger partial charge in [-0.2, -0.15) is 0 Å². The molecule has 0 radical (unpaired) electrons. The number of fused-ring (bicyclic) bond motifs is 3. The summed E-state index contributed by atoms with van der Waals surface area (Å²) in [5.41, 5.74) is 5.75. The number of allylic oxidation sites excluding steroid dienone is 1. The Bertz CT molecular complexity index is 2890. The molecule has 3 fully saturated rings. The Morgan fingerprint density at radius 2 is 1.12 bits per heavy atom. The first kappa shape index (κ1) is 48.9. The van der Waals surface area contributed by atoms with E-state index in [0.29, 0.717) is 47.9 Å². The number of rotatable bonds is 3. The minimum absolute atomic E-state index is 0.0344. The fourth-order valence-corrected chi connectivity index (χ4v) is 9.43. The molecule has 3 saturated heterocycles. The third kappa shape index (κ3) is 9.56. The highest BCUT2D eigenvalue weighted by molar-refractivity contribution is 6.24. The smallest absolute Gasteiger partial charge is 0.262 e.